The second-order valence-electron chi connectivity index (χ2n) is 7.43. The molecule has 0 saturated carbocycles. The fraction of sp³-hybridized carbons (Fsp3) is 0.174. The van der Waals surface area contributed by atoms with Gasteiger partial charge in [0.2, 0.25) is 5.91 Å². The maximum absolute atomic E-state index is 12.5. The van der Waals surface area contributed by atoms with Gasteiger partial charge in [-0.15, -0.1) is 0 Å². The molecule has 0 bridgehead atoms. The summed E-state index contributed by atoms with van der Waals surface area (Å²) >= 11 is 0. The van der Waals surface area contributed by atoms with Crippen LogP contribution in [0.5, 0.6) is 0 Å². The zero-order valence-corrected chi connectivity index (χ0v) is 16.8. The Hall–Kier alpha value is -4.07. The second kappa shape index (κ2) is 7.64. The number of amides is 2. The SMILES string of the molecule is NC(=O)c1cccc(-c2ccc3c(N4CCN(C(=O)c5ccco5)CC4)nccn23)c1. The number of hydrogen-bond donors (Lipinski definition) is 1. The number of hydrogen-bond acceptors (Lipinski definition) is 5. The van der Waals surface area contributed by atoms with E-state index in [1.807, 2.05) is 30.5 Å². The minimum Gasteiger partial charge on any atom is -0.459 e. The van der Waals surface area contributed by atoms with Gasteiger partial charge < -0.3 is 24.4 Å². The molecule has 1 fully saturated rings. The molecular formula is C23H21N5O3. The van der Waals surface area contributed by atoms with Gasteiger partial charge in [-0.1, -0.05) is 12.1 Å². The average molecular weight is 415 g/mol. The van der Waals surface area contributed by atoms with Crippen LogP contribution in [0, 0.1) is 0 Å². The number of primary amides is 1. The predicted molar refractivity (Wildman–Crippen MR) is 116 cm³/mol. The van der Waals surface area contributed by atoms with Gasteiger partial charge in [0.1, 0.15) is 0 Å². The van der Waals surface area contributed by atoms with Crippen molar-refractivity contribution < 1.29 is 14.0 Å². The summed E-state index contributed by atoms with van der Waals surface area (Å²) in [7, 11) is 0. The summed E-state index contributed by atoms with van der Waals surface area (Å²) in [4.78, 5) is 32.7. The van der Waals surface area contributed by atoms with E-state index in [-0.39, 0.29) is 5.91 Å². The molecule has 1 aromatic carbocycles. The van der Waals surface area contributed by atoms with Gasteiger partial charge in [-0.3, -0.25) is 9.59 Å². The summed E-state index contributed by atoms with van der Waals surface area (Å²) in [5.41, 5.74) is 8.73. The summed E-state index contributed by atoms with van der Waals surface area (Å²) in [6.45, 7) is 2.54. The summed E-state index contributed by atoms with van der Waals surface area (Å²) in [6.07, 6.45) is 5.18. The molecule has 0 radical (unpaired) electrons. The van der Waals surface area contributed by atoms with Gasteiger partial charge in [0.05, 0.1) is 17.5 Å². The third-order valence-electron chi connectivity index (χ3n) is 5.60. The number of aromatic nitrogens is 2. The first kappa shape index (κ1) is 18.9. The number of furan rings is 1. The molecule has 31 heavy (non-hydrogen) atoms. The Morgan fingerprint density at radius 1 is 1.00 bits per heavy atom. The lowest BCUT2D eigenvalue weighted by Gasteiger charge is -2.35. The lowest BCUT2D eigenvalue weighted by Crippen LogP contribution is -2.49. The molecule has 0 atom stereocenters. The Balaban J connectivity index is 1.40. The Kier molecular flexibility index (Phi) is 4.66. The zero-order chi connectivity index (χ0) is 21.4. The number of nitrogens with two attached hydrogens (primary N) is 1. The number of fused-ring (bicyclic) bond motifs is 1. The zero-order valence-electron chi connectivity index (χ0n) is 16.8. The minimum atomic E-state index is -0.452. The van der Waals surface area contributed by atoms with E-state index in [2.05, 4.69) is 14.3 Å². The Bertz CT molecular complexity index is 1250. The van der Waals surface area contributed by atoms with E-state index in [0.717, 1.165) is 22.6 Å². The van der Waals surface area contributed by atoms with Crippen molar-refractivity contribution in [2.75, 3.05) is 31.1 Å². The van der Waals surface area contributed by atoms with Gasteiger partial charge in [-0.25, -0.2) is 4.98 Å². The molecule has 1 saturated heterocycles. The van der Waals surface area contributed by atoms with Gasteiger partial charge in [0.15, 0.2) is 11.6 Å². The lowest BCUT2D eigenvalue weighted by atomic mass is 10.1. The third kappa shape index (κ3) is 3.42. The maximum Gasteiger partial charge on any atom is 0.289 e. The first-order chi connectivity index (χ1) is 15.1. The van der Waals surface area contributed by atoms with E-state index >= 15 is 0 Å². The molecule has 8 heteroatoms. The fourth-order valence-electron chi connectivity index (χ4n) is 4.02. The van der Waals surface area contributed by atoms with Crippen LogP contribution in [0.2, 0.25) is 0 Å². The first-order valence-corrected chi connectivity index (χ1v) is 10.1. The molecule has 4 heterocycles. The lowest BCUT2D eigenvalue weighted by molar-refractivity contribution is 0.0714. The highest BCUT2D eigenvalue weighted by atomic mass is 16.3. The fourth-order valence-corrected chi connectivity index (χ4v) is 4.02. The standard InChI is InChI=1S/C23H21N5O3/c24-21(29)17-4-1-3-16(15-17)18-6-7-19-22(25-8-9-28(18)19)26-10-12-27(13-11-26)23(30)20-5-2-14-31-20/h1-9,14-15H,10-13H2,(H2,24,29). The van der Waals surface area contributed by atoms with Crippen molar-refractivity contribution in [3.05, 3.63) is 78.5 Å². The molecule has 0 aliphatic carbocycles. The van der Waals surface area contributed by atoms with Crippen LogP contribution in [0.25, 0.3) is 16.8 Å². The molecule has 156 valence electrons. The Labute approximate surface area is 178 Å². The largest absolute Gasteiger partial charge is 0.459 e. The molecule has 4 aromatic rings. The number of nitrogens with zero attached hydrogens (tertiary/aromatic N) is 4. The third-order valence-corrected chi connectivity index (χ3v) is 5.60. The molecule has 1 aliphatic rings. The van der Waals surface area contributed by atoms with E-state index in [1.54, 1.807) is 35.4 Å². The van der Waals surface area contributed by atoms with Gasteiger partial charge in [0, 0.05) is 44.1 Å². The van der Waals surface area contributed by atoms with E-state index < -0.39 is 5.91 Å². The highest BCUT2D eigenvalue weighted by Crippen LogP contribution is 2.28. The molecule has 1 aliphatic heterocycles. The van der Waals surface area contributed by atoms with Crippen LogP contribution >= 0.6 is 0 Å². The van der Waals surface area contributed by atoms with Crippen molar-refractivity contribution in [2.24, 2.45) is 5.73 Å². The van der Waals surface area contributed by atoms with Crippen molar-refractivity contribution in [2.45, 2.75) is 0 Å². The number of rotatable bonds is 4. The number of anilines is 1. The maximum atomic E-state index is 12.5. The van der Waals surface area contributed by atoms with Crippen LogP contribution in [-0.2, 0) is 0 Å². The van der Waals surface area contributed by atoms with E-state index in [9.17, 15) is 9.59 Å². The smallest absolute Gasteiger partial charge is 0.289 e. The summed E-state index contributed by atoms with van der Waals surface area (Å²) in [5, 5.41) is 0. The molecule has 8 nitrogen and oxygen atoms in total. The van der Waals surface area contributed by atoms with Gasteiger partial charge >= 0.3 is 0 Å². The van der Waals surface area contributed by atoms with Gasteiger partial charge in [-0.05, 0) is 42.0 Å². The van der Waals surface area contributed by atoms with Crippen LogP contribution < -0.4 is 10.6 Å². The quantitative estimate of drug-likeness (QED) is 0.553. The highest BCUT2D eigenvalue weighted by molar-refractivity contribution is 5.94. The molecule has 5 rings (SSSR count). The van der Waals surface area contributed by atoms with Crippen molar-refractivity contribution in [1.82, 2.24) is 14.3 Å². The van der Waals surface area contributed by atoms with Crippen molar-refractivity contribution >= 4 is 23.1 Å². The first-order valence-electron chi connectivity index (χ1n) is 10.1. The number of carbonyl (C=O) groups is 2. The monoisotopic (exact) mass is 415 g/mol. The summed E-state index contributed by atoms with van der Waals surface area (Å²) < 4.78 is 7.29. The second-order valence-corrected chi connectivity index (χ2v) is 7.43. The summed E-state index contributed by atoms with van der Waals surface area (Å²) in [5.74, 6) is 0.690. The van der Waals surface area contributed by atoms with Crippen molar-refractivity contribution in [3.8, 4) is 11.3 Å². The Morgan fingerprint density at radius 3 is 2.58 bits per heavy atom. The van der Waals surface area contributed by atoms with Gasteiger partial charge in [0.25, 0.3) is 5.91 Å². The van der Waals surface area contributed by atoms with Crippen LogP contribution in [0.4, 0.5) is 5.82 Å². The van der Waals surface area contributed by atoms with Crippen molar-refractivity contribution in [1.29, 1.82) is 0 Å². The highest BCUT2D eigenvalue weighted by Gasteiger charge is 2.25. The minimum absolute atomic E-state index is 0.0878. The number of piperazine rings is 1. The molecule has 3 aromatic heterocycles. The molecule has 0 spiro atoms. The molecular weight excluding hydrogens is 394 g/mol. The molecule has 0 unspecified atom stereocenters. The van der Waals surface area contributed by atoms with Gasteiger partial charge in [-0.2, -0.15) is 0 Å². The van der Waals surface area contributed by atoms with Crippen LogP contribution in [0.15, 0.2) is 71.6 Å². The summed E-state index contributed by atoms with van der Waals surface area (Å²) in [6, 6.07) is 14.7. The van der Waals surface area contributed by atoms with Crippen LogP contribution in [-0.4, -0.2) is 52.3 Å². The van der Waals surface area contributed by atoms with Crippen LogP contribution in [0.3, 0.4) is 0 Å². The van der Waals surface area contributed by atoms with Crippen molar-refractivity contribution in [3.63, 3.8) is 0 Å². The molecule has 2 amide bonds. The van der Waals surface area contributed by atoms with E-state index in [1.165, 1.54) is 6.26 Å². The number of carbonyl (C=O) groups excluding carboxylic acids is 2. The Morgan fingerprint density at radius 2 is 1.84 bits per heavy atom. The topological polar surface area (TPSA) is 97.1 Å². The predicted octanol–water partition coefficient (Wildman–Crippen LogP) is 2.66. The van der Waals surface area contributed by atoms with Crippen LogP contribution in [0.1, 0.15) is 20.9 Å². The van der Waals surface area contributed by atoms with E-state index in [4.69, 9.17) is 10.2 Å². The van der Waals surface area contributed by atoms with E-state index in [0.29, 0.717) is 37.5 Å². The normalized spacial score (nSPS) is 14.2. The average Bonchev–Trinajstić information content (AvgIpc) is 3.49. The molecule has 2 N–H and O–H groups in total. The number of benzene rings is 1.